The lowest BCUT2D eigenvalue weighted by Gasteiger charge is -2.13. The molecule has 0 fully saturated rings. The molecule has 0 spiro atoms. The van der Waals surface area contributed by atoms with Gasteiger partial charge in [0.05, 0.1) is 12.7 Å². The van der Waals surface area contributed by atoms with E-state index in [1.54, 1.807) is 12.1 Å². The topological polar surface area (TPSA) is 75.6 Å². The third-order valence-corrected chi connectivity index (χ3v) is 3.10. The van der Waals surface area contributed by atoms with Crippen molar-refractivity contribution >= 4 is 23.5 Å². The molecule has 0 heterocycles. The van der Waals surface area contributed by atoms with Crippen LogP contribution in [-0.2, 0) is 4.79 Å². The number of aliphatic carboxylic acids is 1. The summed E-state index contributed by atoms with van der Waals surface area (Å²) in [5.74, 6) is -0.587. The standard InChI is InChI=1S/C14H18ClNO4/c1-9(3-6-13(17)18)8-16-14(19)11-7-10(15)4-5-12(11)20-2/h4-5,7,9H,3,6,8H2,1-2H3,(H,16,19)(H,17,18). The number of amides is 1. The smallest absolute Gasteiger partial charge is 0.303 e. The fourth-order valence-corrected chi connectivity index (χ4v) is 1.86. The average Bonchev–Trinajstić information content (AvgIpc) is 2.42. The highest BCUT2D eigenvalue weighted by molar-refractivity contribution is 6.31. The summed E-state index contributed by atoms with van der Waals surface area (Å²) in [4.78, 5) is 22.5. The van der Waals surface area contributed by atoms with Gasteiger partial charge in [-0.1, -0.05) is 18.5 Å². The first-order valence-electron chi connectivity index (χ1n) is 6.27. The Morgan fingerprint density at radius 2 is 2.15 bits per heavy atom. The number of ether oxygens (including phenoxy) is 1. The number of nitrogens with one attached hydrogen (secondary N) is 1. The summed E-state index contributed by atoms with van der Waals surface area (Å²) >= 11 is 5.86. The van der Waals surface area contributed by atoms with Crippen LogP contribution in [0.4, 0.5) is 0 Å². The van der Waals surface area contributed by atoms with Crippen molar-refractivity contribution in [1.29, 1.82) is 0 Å². The van der Waals surface area contributed by atoms with Crippen LogP contribution in [0.3, 0.4) is 0 Å². The molecule has 0 saturated heterocycles. The van der Waals surface area contributed by atoms with Gasteiger partial charge in [0.15, 0.2) is 0 Å². The van der Waals surface area contributed by atoms with Crippen molar-refractivity contribution in [2.75, 3.05) is 13.7 Å². The second kappa shape index (κ2) is 7.75. The molecule has 1 aromatic rings. The molecule has 6 heteroatoms. The van der Waals surface area contributed by atoms with Crippen LogP contribution in [0.5, 0.6) is 5.75 Å². The summed E-state index contributed by atoms with van der Waals surface area (Å²) in [5, 5.41) is 11.8. The quantitative estimate of drug-likeness (QED) is 0.811. The van der Waals surface area contributed by atoms with Gasteiger partial charge in [-0.25, -0.2) is 0 Å². The molecule has 1 atom stereocenters. The first-order chi connectivity index (χ1) is 9.43. The molecule has 0 aliphatic heterocycles. The predicted molar refractivity (Wildman–Crippen MR) is 76.4 cm³/mol. The van der Waals surface area contributed by atoms with Gasteiger partial charge in [-0.2, -0.15) is 0 Å². The Morgan fingerprint density at radius 1 is 1.45 bits per heavy atom. The van der Waals surface area contributed by atoms with Gasteiger partial charge in [0.1, 0.15) is 5.75 Å². The van der Waals surface area contributed by atoms with Gasteiger partial charge >= 0.3 is 5.97 Å². The van der Waals surface area contributed by atoms with E-state index in [9.17, 15) is 9.59 Å². The number of carbonyl (C=O) groups excluding carboxylic acids is 1. The Bertz CT molecular complexity index is 490. The second-order valence-electron chi connectivity index (χ2n) is 4.59. The van der Waals surface area contributed by atoms with Gasteiger partial charge in [-0.3, -0.25) is 9.59 Å². The lowest BCUT2D eigenvalue weighted by molar-refractivity contribution is -0.137. The Kier molecular flexibility index (Phi) is 6.31. The van der Waals surface area contributed by atoms with E-state index in [0.29, 0.717) is 29.3 Å². The van der Waals surface area contributed by atoms with Crippen molar-refractivity contribution in [2.24, 2.45) is 5.92 Å². The first kappa shape index (κ1) is 16.3. The number of carboxylic acids is 1. The highest BCUT2D eigenvalue weighted by Gasteiger charge is 2.14. The fraction of sp³-hybridized carbons (Fsp3) is 0.429. The Hall–Kier alpha value is -1.75. The zero-order valence-electron chi connectivity index (χ0n) is 11.5. The van der Waals surface area contributed by atoms with Crippen molar-refractivity contribution in [3.8, 4) is 5.75 Å². The van der Waals surface area contributed by atoms with E-state index in [-0.39, 0.29) is 18.2 Å². The van der Waals surface area contributed by atoms with Crippen LogP contribution in [0.25, 0.3) is 0 Å². The summed E-state index contributed by atoms with van der Waals surface area (Å²) in [6.45, 7) is 2.29. The average molecular weight is 300 g/mol. The number of carboxylic acid groups (broad SMARTS) is 1. The number of halogens is 1. The van der Waals surface area contributed by atoms with Crippen molar-refractivity contribution in [3.05, 3.63) is 28.8 Å². The maximum absolute atomic E-state index is 12.1. The molecule has 2 N–H and O–H groups in total. The fourth-order valence-electron chi connectivity index (χ4n) is 1.69. The van der Waals surface area contributed by atoms with E-state index in [1.807, 2.05) is 6.92 Å². The molecule has 0 radical (unpaired) electrons. The molecular formula is C14H18ClNO4. The Balaban J connectivity index is 2.58. The van der Waals surface area contributed by atoms with Crippen LogP contribution in [0.1, 0.15) is 30.1 Å². The molecule has 0 aromatic heterocycles. The SMILES string of the molecule is COc1ccc(Cl)cc1C(=O)NCC(C)CCC(=O)O. The Morgan fingerprint density at radius 3 is 2.75 bits per heavy atom. The van der Waals surface area contributed by atoms with Crippen LogP contribution >= 0.6 is 11.6 Å². The minimum atomic E-state index is -0.834. The van der Waals surface area contributed by atoms with Crippen LogP contribution < -0.4 is 10.1 Å². The minimum Gasteiger partial charge on any atom is -0.496 e. The van der Waals surface area contributed by atoms with Gasteiger partial charge < -0.3 is 15.2 Å². The maximum atomic E-state index is 12.1. The molecule has 110 valence electrons. The first-order valence-corrected chi connectivity index (χ1v) is 6.65. The van der Waals surface area contributed by atoms with Crippen molar-refractivity contribution < 1.29 is 19.4 Å². The number of methoxy groups -OCH3 is 1. The largest absolute Gasteiger partial charge is 0.496 e. The second-order valence-corrected chi connectivity index (χ2v) is 5.03. The number of rotatable bonds is 7. The molecule has 0 aliphatic rings. The van der Waals surface area contributed by atoms with Gasteiger partial charge in [-0.05, 0) is 30.5 Å². The van der Waals surface area contributed by atoms with Crippen molar-refractivity contribution in [3.63, 3.8) is 0 Å². The lowest BCUT2D eigenvalue weighted by Crippen LogP contribution is -2.28. The molecule has 0 aliphatic carbocycles. The third-order valence-electron chi connectivity index (χ3n) is 2.87. The van der Waals surface area contributed by atoms with Crippen molar-refractivity contribution in [2.45, 2.75) is 19.8 Å². The van der Waals surface area contributed by atoms with Gasteiger partial charge in [0, 0.05) is 18.0 Å². The molecule has 20 heavy (non-hydrogen) atoms. The number of benzene rings is 1. The lowest BCUT2D eigenvalue weighted by atomic mass is 10.1. The summed E-state index contributed by atoms with van der Waals surface area (Å²) in [6.07, 6.45) is 0.611. The molecule has 1 unspecified atom stereocenters. The highest BCUT2D eigenvalue weighted by atomic mass is 35.5. The molecule has 0 bridgehead atoms. The molecule has 1 aromatic carbocycles. The van der Waals surface area contributed by atoms with E-state index >= 15 is 0 Å². The van der Waals surface area contributed by atoms with E-state index in [0.717, 1.165) is 0 Å². The zero-order chi connectivity index (χ0) is 15.1. The van der Waals surface area contributed by atoms with E-state index < -0.39 is 5.97 Å². The van der Waals surface area contributed by atoms with Crippen LogP contribution in [0, 0.1) is 5.92 Å². The predicted octanol–water partition coefficient (Wildman–Crippen LogP) is 2.58. The van der Waals surface area contributed by atoms with Crippen molar-refractivity contribution in [1.82, 2.24) is 5.32 Å². The molecule has 0 saturated carbocycles. The monoisotopic (exact) mass is 299 g/mol. The zero-order valence-corrected chi connectivity index (χ0v) is 12.2. The molecule has 1 rings (SSSR count). The van der Waals surface area contributed by atoms with E-state index in [2.05, 4.69) is 5.32 Å². The minimum absolute atomic E-state index is 0.0835. The normalized spacial score (nSPS) is 11.8. The summed E-state index contributed by atoms with van der Waals surface area (Å²) in [7, 11) is 1.48. The summed E-state index contributed by atoms with van der Waals surface area (Å²) in [5.41, 5.74) is 0.366. The Labute approximate surface area is 122 Å². The van der Waals surface area contributed by atoms with Gasteiger partial charge in [0.2, 0.25) is 0 Å². The number of carbonyl (C=O) groups is 2. The van der Waals surface area contributed by atoms with Crippen LogP contribution in [0.2, 0.25) is 5.02 Å². The van der Waals surface area contributed by atoms with E-state index in [4.69, 9.17) is 21.4 Å². The molecule has 1 amide bonds. The van der Waals surface area contributed by atoms with Crippen LogP contribution in [0.15, 0.2) is 18.2 Å². The third kappa shape index (κ3) is 5.09. The molecular weight excluding hydrogens is 282 g/mol. The van der Waals surface area contributed by atoms with Crippen LogP contribution in [-0.4, -0.2) is 30.6 Å². The number of hydrogen-bond donors (Lipinski definition) is 2. The maximum Gasteiger partial charge on any atom is 0.303 e. The highest BCUT2D eigenvalue weighted by Crippen LogP contribution is 2.22. The summed E-state index contributed by atoms with van der Waals surface area (Å²) < 4.78 is 5.11. The number of hydrogen-bond acceptors (Lipinski definition) is 3. The van der Waals surface area contributed by atoms with E-state index in [1.165, 1.54) is 13.2 Å². The van der Waals surface area contributed by atoms with Gasteiger partial charge in [0.25, 0.3) is 5.91 Å². The summed E-state index contributed by atoms with van der Waals surface area (Å²) in [6, 6.07) is 4.81. The molecule has 5 nitrogen and oxygen atoms in total. The van der Waals surface area contributed by atoms with Gasteiger partial charge in [-0.15, -0.1) is 0 Å².